The van der Waals surface area contributed by atoms with Crippen LogP contribution in [0.1, 0.15) is 13.3 Å². The normalized spacial score (nSPS) is 27.6. The predicted octanol–water partition coefficient (Wildman–Crippen LogP) is 2.04. The maximum absolute atomic E-state index is 5.15. The minimum absolute atomic E-state index is 0.269. The van der Waals surface area contributed by atoms with Crippen molar-refractivity contribution in [3.05, 3.63) is 24.0 Å². The molecule has 0 bridgehead atoms. The zero-order valence-corrected chi connectivity index (χ0v) is 9.00. The van der Waals surface area contributed by atoms with E-state index >= 15 is 0 Å². The maximum Gasteiger partial charge on any atom is 0.114 e. The van der Waals surface area contributed by atoms with Gasteiger partial charge in [0.1, 0.15) is 5.76 Å². The van der Waals surface area contributed by atoms with Crippen LogP contribution in [-0.4, -0.2) is 32.6 Å². The summed E-state index contributed by atoms with van der Waals surface area (Å²) in [7, 11) is 5.92. The first-order chi connectivity index (χ1) is 6.06. The lowest BCUT2D eigenvalue weighted by Crippen LogP contribution is -2.30. The van der Waals surface area contributed by atoms with Gasteiger partial charge in [-0.3, -0.25) is 0 Å². The fraction of sp³-hybridized carbons (Fsp3) is 0.636. The highest BCUT2D eigenvalue weighted by Gasteiger charge is 2.23. The number of hydrogen-bond acceptors (Lipinski definition) is 2. The number of hydrogen-bond donors (Lipinski definition) is 0. The Bertz CT molecular complexity index is 230. The van der Waals surface area contributed by atoms with Crippen molar-refractivity contribution in [2.75, 3.05) is 27.7 Å². The number of rotatable bonds is 3. The van der Waals surface area contributed by atoms with E-state index in [1.165, 1.54) is 0 Å². The Morgan fingerprint density at radius 3 is 2.62 bits per heavy atom. The van der Waals surface area contributed by atoms with E-state index in [2.05, 4.69) is 44.1 Å². The van der Waals surface area contributed by atoms with Crippen molar-refractivity contribution in [3.8, 4) is 0 Å². The van der Waals surface area contributed by atoms with Crippen LogP contribution in [0.5, 0.6) is 0 Å². The van der Waals surface area contributed by atoms with Crippen molar-refractivity contribution in [3.63, 3.8) is 0 Å². The molecule has 1 aliphatic rings. The van der Waals surface area contributed by atoms with E-state index in [0.29, 0.717) is 0 Å². The zero-order valence-electron chi connectivity index (χ0n) is 9.00. The summed E-state index contributed by atoms with van der Waals surface area (Å²) in [4.78, 5) is 2.22. The lowest BCUT2D eigenvalue weighted by atomic mass is 9.83. The fourth-order valence-corrected chi connectivity index (χ4v) is 1.74. The summed E-state index contributed by atoms with van der Waals surface area (Å²) in [6.45, 7) is 3.35. The van der Waals surface area contributed by atoms with Gasteiger partial charge in [0, 0.05) is 12.0 Å². The topological polar surface area (TPSA) is 12.5 Å². The molecule has 1 unspecified atom stereocenters. The second kappa shape index (κ2) is 3.97. The van der Waals surface area contributed by atoms with Gasteiger partial charge >= 0.3 is 0 Å². The van der Waals surface area contributed by atoms with Crippen LogP contribution in [0.2, 0.25) is 0 Å². The average molecular weight is 181 g/mol. The van der Waals surface area contributed by atoms with Crippen molar-refractivity contribution in [1.29, 1.82) is 0 Å². The van der Waals surface area contributed by atoms with Gasteiger partial charge in [0.25, 0.3) is 0 Å². The quantitative estimate of drug-likeness (QED) is 0.660. The van der Waals surface area contributed by atoms with Gasteiger partial charge in [0.2, 0.25) is 0 Å². The molecule has 0 spiro atoms. The smallest absolute Gasteiger partial charge is 0.114 e. The molecule has 0 fully saturated rings. The van der Waals surface area contributed by atoms with Crippen molar-refractivity contribution in [2.45, 2.75) is 13.3 Å². The molecule has 0 N–H and O–H groups in total. The molecule has 0 aromatic rings. The molecule has 0 aromatic carbocycles. The van der Waals surface area contributed by atoms with Gasteiger partial charge in [-0.15, -0.1) is 0 Å². The van der Waals surface area contributed by atoms with Crippen LogP contribution in [0.3, 0.4) is 0 Å². The van der Waals surface area contributed by atoms with Crippen LogP contribution < -0.4 is 0 Å². The molecule has 2 heteroatoms. The van der Waals surface area contributed by atoms with E-state index in [1.807, 2.05) is 0 Å². The molecule has 0 aromatic heterocycles. The highest BCUT2D eigenvalue weighted by Crippen LogP contribution is 2.29. The first kappa shape index (κ1) is 10.3. The highest BCUT2D eigenvalue weighted by molar-refractivity contribution is 5.21. The van der Waals surface area contributed by atoms with Crippen LogP contribution in [0, 0.1) is 5.41 Å². The molecule has 0 amide bonds. The molecule has 74 valence electrons. The second-order valence-electron chi connectivity index (χ2n) is 4.24. The Balaban J connectivity index is 2.58. The largest absolute Gasteiger partial charge is 0.497 e. The van der Waals surface area contributed by atoms with Gasteiger partial charge < -0.3 is 9.64 Å². The Labute approximate surface area is 80.9 Å². The first-order valence-corrected chi connectivity index (χ1v) is 4.64. The molecular formula is C11H19NO. The first-order valence-electron chi connectivity index (χ1n) is 4.64. The van der Waals surface area contributed by atoms with Crippen LogP contribution in [0.4, 0.5) is 0 Å². The molecule has 13 heavy (non-hydrogen) atoms. The van der Waals surface area contributed by atoms with Gasteiger partial charge in [0.05, 0.1) is 7.11 Å². The minimum atomic E-state index is 0.269. The summed E-state index contributed by atoms with van der Waals surface area (Å²) in [6, 6.07) is 0. The Morgan fingerprint density at radius 2 is 2.23 bits per heavy atom. The molecular weight excluding hydrogens is 162 g/mol. The van der Waals surface area contributed by atoms with E-state index in [0.717, 1.165) is 18.7 Å². The molecule has 0 radical (unpaired) electrons. The molecule has 0 saturated heterocycles. The van der Waals surface area contributed by atoms with E-state index < -0.39 is 0 Å². The summed E-state index contributed by atoms with van der Waals surface area (Å²) in [6.07, 6.45) is 7.52. The summed E-state index contributed by atoms with van der Waals surface area (Å²) in [5, 5.41) is 0. The summed E-state index contributed by atoms with van der Waals surface area (Å²) in [5.41, 5.74) is 0.269. The van der Waals surface area contributed by atoms with E-state index in [9.17, 15) is 0 Å². The van der Waals surface area contributed by atoms with E-state index in [-0.39, 0.29) is 5.41 Å². The fourth-order valence-electron chi connectivity index (χ4n) is 1.74. The Hall–Kier alpha value is -0.760. The van der Waals surface area contributed by atoms with Gasteiger partial charge in [-0.25, -0.2) is 0 Å². The average Bonchev–Trinajstić information content (AvgIpc) is 2.04. The van der Waals surface area contributed by atoms with Crippen LogP contribution in [-0.2, 0) is 4.74 Å². The standard InChI is InChI=1S/C11H19NO/c1-11(9-12(2)3)7-5-10(13-4)6-8-11/h5-7H,8-9H2,1-4H3. The number of allylic oxidation sites excluding steroid dienone is 2. The van der Waals surface area contributed by atoms with Gasteiger partial charge in [0.15, 0.2) is 0 Å². The van der Waals surface area contributed by atoms with Crippen molar-refractivity contribution >= 4 is 0 Å². The van der Waals surface area contributed by atoms with Crippen molar-refractivity contribution in [2.24, 2.45) is 5.41 Å². The highest BCUT2D eigenvalue weighted by atomic mass is 16.5. The second-order valence-corrected chi connectivity index (χ2v) is 4.24. The van der Waals surface area contributed by atoms with Crippen LogP contribution in [0.25, 0.3) is 0 Å². The SMILES string of the molecule is COC1=CCC(C)(CN(C)C)C=C1. The third-order valence-electron chi connectivity index (χ3n) is 2.33. The van der Waals surface area contributed by atoms with Crippen LogP contribution >= 0.6 is 0 Å². The summed E-state index contributed by atoms with van der Waals surface area (Å²) < 4.78 is 5.15. The molecule has 0 aliphatic heterocycles. The van der Waals surface area contributed by atoms with Crippen LogP contribution in [0.15, 0.2) is 24.0 Å². The minimum Gasteiger partial charge on any atom is -0.497 e. The Morgan fingerprint density at radius 1 is 1.54 bits per heavy atom. The predicted molar refractivity (Wildman–Crippen MR) is 55.5 cm³/mol. The van der Waals surface area contributed by atoms with E-state index in [1.54, 1.807) is 7.11 Å². The zero-order chi connectivity index (χ0) is 9.90. The lowest BCUT2D eigenvalue weighted by molar-refractivity contribution is 0.256. The van der Waals surface area contributed by atoms with Crippen molar-refractivity contribution in [1.82, 2.24) is 4.90 Å². The molecule has 0 heterocycles. The number of ether oxygens (including phenoxy) is 1. The monoisotopic (exact) mass is 181 g/mol. The lowest BCUT2D eigenvalue weighted by Gasteiger charge is -2.30. The molecule has 2 nitrogen and oxygen atoms in total. The van der Waals surface area contributed by atoms with E-state index in [4.69, 9.17) is 4.74 Å². The molecule has 0 saturated carbocycles. The van der Waals surface area contributed by atoms with Crippen molar-refractivity contribution < 1.29 is 4.74 Å². The summed E-state index contributed by atoms with van der Waals surface area (Å²) >= 11 is 0. The maximum atomic E-state index is 5.15. The molecule has 1 aliphatic carbocycles. The van der Waals surface area contributed by atoms with Gasteiger partial charge in [-0.1, -0.05) is 13.0 Å². The number of nitrogens with zero attached hydrogens (tertiary/aromatic N) is 1. The Kier molecular flexibility index (Phi) is 3.15. The molecule has 1 rings (SSSR count). The van der Waals surface area contributed by atoms with Gasteiger partial charge in [-0.05, 0) is 32.7 Å². The third-order valence-corrected chi connectivity index (χ3v) is 2.33. The summed E-state index contributed by atoms with van der Waals surface area (Å²) in [5.74, 6) is 0.983. The van der Waals surface area contributed by atoms with Gasteiger partial charge in [-0.2, -0.15) is 0 Å². The third kappa shape index (κ3) is 2.88. The molecule has 1 atom stereocenters. The number of methoxy groups -OCH3 is 1.